The van der Waals surface area contributed by atoms with E-state index >= 15 is 0 Å². The summed E-state index contributed by atoms with van der Waals surface area (Å²) in [6.07, 6.45) is 1.87. The molecule has 1 aromatic rings. The predicted molar refractivity (Wildman–Crippen MR) is 72.0 cm³/mol. The normalized spacial score (nSPS) is 13.7. The molecule has 1 aliphatic rings. The van der Waals surface area contributed by atoms with Gasteiger partial charge in [0.05, 0.1) is 13.2 Å². The lowest BCUT2D eigenvalue weighted by Crippen LogP contribution is -2.33. The number of hydrogen-bond donors (Lipinski definition) is 2. The maximum atomic E-state index is 11.6. The average Bonchev–Trinajstić information content (AvgIpc) is 3.23. The highest BCUT2D eigenvalue weighted by atomic mass is 16.5. The zero-order valence-electron chi connectivity index (χ0n) is 10.9. The van der Waals surface area contributed by atoms with Crippen molar-refractivity contribution in [2.24, 2.45) is 5.92 Å². The third-order valence-electron chi connectivity index (χ3n) is 2.82. The molecule has 102 valence electrons. The Balaban J connectivity index is 1.76. The molecule has 1 fully saturated rings. The van der Waals surface area contributed by atoms with Gasteiger partial charge in [-0.15, -0.1) is 0 Å². The van der Waals surface area contributed by atoms with Crippen LogP contribution in [-0.4, -0.2) is 25.0 Å². The smallest absolute Gasteiger partial charge is 0.243 e. The van der Waals surface area contributed by atoms with Crippen LogP contribution in [-0.2, 0) is 9.59 Å². The minimum atomic E-state index is -0.224. The fraction of sp³-hybridized carbons (Fsp3) is 0.429. The number of anilines is 1. The van der Waals surface area contributed by atoms with Gasteiger partial charge in [0.25, 0.3) is 0 Å². The zero-order valence-corrected chi connectivity index (χ0v) is 10.9. The second kappa shape index (κ2) is 6.22. The molecular weight excluding hydrogens is 244 g/mol. The van der Waals surface area contributed by atoms with Crippen LogP contribution in [0.1, 0.15) is 19.8 Å². The topological polar surface area (TPSA) is 67.4 Å². The van der Waals surface area contributed by atoms with Crippen molar-refractivity contribution in [2.45, 2.75) is 19.8 Å². The number of hydrogen-bond acceptors (Lipinski definition) is 3. The number of carbonyl (C=O) groups is 2. The Morgan fingerprint density at radius 2 is 1.95 bits per heavy atom. The number of rotatable bonds is 6. The molecular formula is C14H18N2O3. The van der Waals surface area contributed by atoms with Crippen LogP contribution in [0.5, 0.6) is 5.75 Å². The molecule has 2 rings (SSSR count). The number of benzene rings is 1. The molecule has 0 unspecified atom stereocenters. The van der Waals surface area contributed by atoms with E-state index in [-0.39, 0.29) is 24.3 Å². The second-order valence-electron chi connectivity index (χ2n) is 4.50. The molecule has 5 heteroatoms. The van der Waals surface area contributed by atoms with Gasteiger partial charge in [0.15, 0.2) is 0 Å². The van der Waals surface area contributed by atoms with Crippen molar-refractivity contribution in [1.29, 1.82) is 0 Å². The van der Waals surface area contributed by atoms with Gasteiger partial charge in [-0.1, -0.05) is 0 Å². The van der Waals surface area contributed by atoms with E-state index in [0.717, 1.165) is 18.6 Å². The molecule has 2 amide bonds. The van der Waals surface area contributed by atoms with E-state index in [1.807, 2.05) is 6.92 Å². The second-order valence-corrected chi connectivity index (χ2v) is 4.50. The number of nitrogens with one attached hydrogen (secondary N) is 2. The van der Waals surface area contributed by atoms with Gasteiger partial charge in [-0.2, -0.15) is 0 Å². The Labute approximate surface area is 112 Å². The average molecular weight is 262 g/mol. The summed E-state index contributed by atoms with van der Waals surface area (Å²) in [5.41, 5.74) is 0.689. The van der Waals surface area contributed by atoms with Gasteiger partial charge in [-0.25, -0.2) is 0 Å². The van der Waals surface area contributed by atoms with E-state index in [1.165, 1.54) is 0 Å². The molecule has 0 aliphatic heterocycles. The predicted octanol–water partition coefficient (Wildman–Crippen LogP) is 1.55. The number of carbonyl (C=O) groups excluding carboxylic acids is 2. The van der Waals surface area contributed by atoms with Crippen LogP contribution in [0.25, 0.3) is 0 Å². The van der Waals surface area contributed by atoms with Gasteiger partial charge in [0, 0.05) is 11.6 Å². The first-order valence-corrected chi connectivity index (χ1v) is 6.49. The first-order valence-electron chi connectivity index (χ1n) is 6.49. The maximum Gasteiger partial charge on any atom is 0.243 e. The van der Waals surface area contributed by atoms with Crippen molar-refractivity contribution < 1.29 is 14.3 Å². The Bertz CT molecular complexity index is 452. The molecule has 0 aromatic heterocycles. The van der Waals surface area contributed by atoms with Crippen molar-refractivity contribution in [3.8, 4) is 5.75 Å². The molecule has 5 nitrogen and oxygen atoms in total. The third-order valence-corrected chi connectivity index (χ3v) is 2.82. The Kier molecular flexibility index (Phi) is 4.39. The first-order chi connectivity index (χ1) is 9.19. The summed E-state index contributed by atoms with van der Waals surface area (Å²) in [5.74, 6) is 0.640. The van der Waals surface area contributed by atoms with Crippen LogP contribution in [0, 0.1) is 5.92 Å². The Hall–Kier alpha value is -2.04. The van der Waals surface area contributed by atoms with Crippen molar-refractivity contribution in [1.82, 2.24) is 5.32 Å². The third kappa shape index (κ3) is 4.28. The summed E-state index contributed by atoms with van der Waals surface area (Å²) < 4.78 is 5.31. The van der Waals surface area contributed by atoms with E-state index < -0.39 is 0 Å². The van der Waals surface area contributed by atoms with Crippen LogP contribution in [0.15, 0.2) is 24.3 Å². The molecule has 0 radical (unpaired) electrons. The van der Waals surface area contributed by atoms with E-state index in [0.29, 0.717) is 12.3 Å². The highest BCUT2D eigenvalue weighted by Gasteiger charge is 2.29. The molecule has 2 N–H and O–H groups in total. The maximum absolute atomic E-state index is 11.6. The van der Waals surface area contributed by atoms with Crippen LogP contribution < -0.4 is 15.4 Å². The Morgan fingerprint density at radius 1 is 1.26 bits per heavy atom. The molecule has 0 saturated heterocycles. The fourth-order valence-electron chi connectivity index (χ4n) is 1.66. The highest BCUT2D eigenvalue weighted by molar-refractivity contribution is 5.95. The lowest BCUT2D eigenvalue weighted by atomic mass is 10.3. The minimum Gasteiger partial charge on any atom is -0.494 e. The quantitative estimate of drug-likeness (QED) is 0.817. The van der Waals surface area contributed by atoms with Crippen LogP contribution in [0.2, 0.25) is 0 Å². The lowest BCUT2D eigenvalue weighted by molar-refractivity contribution is -0.125. The van der Waals surface area contributed by atoms with Crippen molar-refractivity contribution >= 4 is 17.5 Å². The summed E-state index contributed by atoms with van der Waals surface area (Å²) in [5, 5.41) is 5.34. The number of ether oxygens (including phenoxy) is 1. The van der Waals surface area contributed by atoms with Gasteiger partial charge in [0.2, 0.25) is 11.8 Å². The van der Waals surface area contributed by atoms with Gasteiger partial charge >= 0.3 is 0 Å². The highest BCUT2D eigenvalue weighted by Crippen LogP contribution is 2.28. The number of amides is 2. The van der Waals surface area contributed by atoms with E-state index in [1.54, 1.807) is 24.3 Å². The Morgan fingerprint density at radius 3 is 2.53 bits per heavy atom. The lowest BCUT2D eigenvalue weighted by Gasteiger charge is -2.08. The summed E-state index contributed by atoms with van der Waals surface area (Å²) in [6, 6.07) is 7.13. The van der Waals surface area contributed by atoms with Crippen LogP contribution in [0.3, 0.4) is 0 Å². The standard InChI is InChI=1S/C14H18N2O3/c1-2-19-12-7-5-11(6-8-12)16-13(17)9-15-14(18)10-3-4-10/h5-8,10H,2-4,9H2,1H3,(H,15,18)(H,16,17). The van der Waals surface area contributed by atoms with Crippen LogP contribution >= 0.6 is 0 Å². The minimum absolute atomic E-state index is 0.0164. The van der Waals surface area contributed by atoms with Gasteiger partial charge < -0.3 is 15.4 Å². The molecule has 1 aromatic carbocycles. The van der Waals surface area contributed by atoms with Gasteiger partial charge in [0.1, 0.15) is 5.75 Å². The van der Waals surface area contributed by atoms with Crippen LogP contribution in [0.4, 0.5) is 5.69 Å². The summed E-state index contributed by atoms with van der Waals surface area (Å²) in [7, 11) is 0. The molecule has 0 atom stereocenters. The van der Waals surface area contributed by atoms with Gasteiger partial charge in [-0.3, -0.25) is 9.59 Å². The molecule has 1 saturated carbocycles. The summed E-state index contributed by atoms with van der Waals surface area (Å²) >= 11 is 0. The van der Waals surface area contributed by atoms with E-state index in [2.05, 4.69) is 10.6 Å². The molecule has 1 aliphatic carbocycles. The van der Waals surface area contributed by atoms with Crippen molar-refractivity contribution in [3.05, 3.63) is 24.3 Å². The largest absolute Gasteiger partial charge is 0.494 e. The first kappa shape index (κ1) is 13.4. The zero-order chi connectivity index (χ0) is 13.7. The molecule has 19 heavy (non-hydrogen) atoms. The van der Waals surface area contributed by atoms with Crippen molar-refractivity contribution in [3.63, 3.8) is 0 Å². The van der Waals surface area contributed by atoms with Crippen molar-refractivity contribution in [2.75, 3.05) is 18.5 Å². The van der Waals surface area contributed by atoms with Gasteiger partial charge in [-0.05, 0) is 44.0 Å². The molecule has 0 bridgehead atoms. The monoisotopic (exact) mass is 262 g/mol. The summed E-state index contributed by atoms with van der Waals surface area (Å²) in [4.78, 5) is 23.0. The SMILES string of the molecule is CCOc1ccc(NC(=O)CNC(=O)C2CC2)cc1. The summed E-state index contributed by atoms with van der Waals surface area (Å²) in [6.45, 7) is 2.54. The fourth-order valence-corrected chi connectivity index (χ4v) is 1.66. The molecule has 0 heterocycles. The van der Waals surface area contributed by atoms with E-state index in [9.17, 15) is 9.59 Å². The van der Waals surface area contributed by atoms with E-state index in [4.69, 9.17) is 4.74 Å². The molecule has 0 spiro atoms.